The van der Waals surface area contributed by atoms with Gasteiger partial charge in [0.05, 0.1) is 11.4 Å². The molecule has 6 heteroatoms. The monoisotopic (exact) mass is 397 g/mol. The Labute approximate surface area is 175 Å². The van der Waals surface area contributed by atoms with Crippen molar-refractivity contribution in [3.05, 3.63) is 78.0 Å². The van der Waals surface area contributed by atoms with Crippen LogP contribution in [0.25, 0.3) is 16.9 Å². The average molecular weight is 397 g/mol. The fourth-order valence-electron chi connectivity index (χ4n) is 3.88. The summed E-state index contributed by atoms with van der Waals surface area (Å²) in [5, 5.41) is 8.01. The van der Waals surface area contributed by atoms with Crippen LogP contribution in [-0.4, -0.2) is 38.5 Å². The third kappa shape index (κ3) is 3.52. The van der Waals surface area contributed by atoms with Crippen LogP contribution in [-0.2, 0) is 0 Å². The lowest BCUT2D eigenvalue weighted by Gasteiger charge is -2.15. The first-order valence-corrected chi connectivity index (χ1v) is 10.3. The van der Waals surface area contributed by atoms with Crippen LogP contribution in [0.2, 0.25) is 0 Å². The van der Waals surface area contributed by atoms with Crippen LogP contribution in [0.5, 0.6) is 0 Å². The van der Waals surface area contributed by atoms with Crippen LogP contribution in [0.15, 0.2) is 66.7 Å². The van der Waals surface area contributed by atoms with E-state index in [0.29, 0.717) is 0 Å². The number of fused-ring (bicyclic) bond motifs is 1. The standard InChI is InChI=1S/C24H23N5O/c1-17-15-22-26-21(18-7-3-2-4-8-18)16-23(29(22)27-17)25-20-11-9-19(10-12-20)24(30)28-13-5-6-14-28/h2-4,7-12,15-16,25H,5-6,13-14H2,1H3. The van der Waals surface area contributed by atoms with Gasteiger partial charge in [-0.2, -0.15) is 9.61 Å². The number of hydrogen-bond acceptors (Lipinski definition) is 4. The molecule has 1 saturated heterocycles. The number of carbonyl (C=O) groups is 1. The number of rotatable bonds is 4. The topological polar surface area (TPSA) is 62.5 Å². The minimum atomic E-state index is 0.111. The molecule has 0 spiro atoms. The van der Waals surface area contributed by atoms with E-state index in [4.69, 9.17) is 4.98 Å². The number of aromatic nitrogens is 3. The van der Waals surface area contributed by atoms with E-state index in [1.165, 1.54) is 0 Å². The zero-order valence-electron chi connectivity index (χ0n) is 16.9. The molecular weight excluding hydrogens is 374 g/mol. The third-order valence-electron chi connectivity index (χ3n) is 5.42. The number of nitrogens with zero attached hydrogens (tertiary/aromatic N) is 4. The zero-order valence-corrected chi connectivity index (χ0v) is 16.9. The Balaban J connectivity index is 1.46. The Morgan fingerprint density at radius 2 is 1.70 bits per heavy atom. The number of likely N-dealkylation sites (tertiary alicyclic amines) is 1. The molecular formula is C24H23N5O. The van der Waals surface area contributed by atoms with Gasteiger partial charge in [-0.15, -0.1) is 0 Å². The lowest BCUT2D eigenvalue weighted by molar-refractivity contribution is 0.0793. The number of amides is 1. The SMILES string of the molecule is Cc1cc2nc(-c3ccccc3)cc(Nc3ccc(C(=O)N4CCCC4)cc3)n2n1. The Kier molecular flexibility index (Phi) is 4.67. The minimum Gasteiger partial charge on any atom is -0.340 e. The zero-order chi connectivity index (χ0) is 20.5. The molecule has 6 nitrogen and oxygen atoms in total. The highest BCUT2D eigenvalue weighted by Crippen LogP contribution is 2.25. The first-order chi connectivity index (χ1) is 14.7. The highest BCUT2D eigenvalue weighted by Gasteiger charge is 2.19. The van der Waals surface area contributed by atoms with Gasteiger partial charge < -0.3 is 10.2 Å². The summed E-state index contributed by atoms with van der Waals surface area (Å²) < 4.78 is 1.81. The third-order valence-corrected chi connectivity index (χ3v) is 5.42. The summed E-state index contributed by atoms with van der Waals surface area (Å²) in [5.41, 5.74) is 5.24. The van der Waals surface area contributed by atoms with Crippen LogP contribution >= 0.6 is 0 Å². The maximum atomic E-state index is 12.6. The summed E-state index contributed by atoms with van der Waals surface area (Å²) in [4.78, 5) is 19.3. The van der Waals surface area contributed by atoms with Crippen molar-refractivity contribution in [2.24, 2.45) is 0 Å². The van der Waals surface area contributed by atoms with Crippen molar-refractivity contribution in [3.63, 3.8) is 0 Å². The van der Waals surface area contributed by atoms with Crippen molar-refractivity contribution in [1.29, 1.82) is 0 Å². The van der Waals surface area contributed by atoms with Crippen molar-refractivity contribution >= 4 is 23.1 Å². The summed E-state index contributed by atoms with van der Waals surface area (Å²) >= 11 is 0. The summed E-state index contributed by atoms with van der Waals surface area (Å²) in [6, 6.07) is 21.7. The van der Waals surface area contributed by atoms with Gasteiger partial charge in [0, 0.05) is 42.0 Å². The lowest BCUT2D eigenvalue weighted by Crippen LogP contribution is -2.27. The van der Waals surface area contributed by atoms with E-state index in [-0.39, 0.29) is 5.91 Å². The molecule has 1 N–H and O–H groups in total. The molecule has 5 rings (SSSR count). The van der Waals surface area contributed by atoms with Gasteiger partial charge in [-0.05, 0) is 44.0 Å². The highest BCUT2D eigenvalue weighted by molar-refractivity contribution is 5.94. The fourth-order valence-corrected chi connectivity index (χ4v) is 3.88. The van der Waals surface area contributed by atoms with E-state index in [1.54, 1.807) is 0 Å². The molecule has 150 valence electrons. The molecule has 0 bridgehead atoms. The normalized spacial score (nSPS) is 13.7. The smallest absolute Gasteiger partial charge is 0.253 e. The largest absolute Gasteiger partial charge is 0.340 e. The second kappa shape index (κ2) is 7.63. The molecule has 1 aliphatic rings. The van der Waals surface area contributed by atoms with Crippen molar-refractivity contribution in [3.8, 4) is 11.3 Å². The lowest BCUT2D eigenvalue weighted by atomic mass is 10.1. The summed E-state index contributed by atoms with van der Waals surface area (Å²) in [6.07, 6.45) is 2.19. The molecule has 2 aromatic heterocycles. The fraction of sp³-hybridized carbons (Fsp3) is 0.208. The van der Waals surface area contributed by atoms with Crippen molar-refractivity contribution in [2.75, 3.05) is 18.4 Å². The highest BCUT2D eigenvalue weighted by atomic mass is 16.2. The van der Waals surface area contributed by atoms with Crippen LogP contribution in [0.4, 0.5) is 11.5 Å². The average Bonchev–Trinajstić information content (AvgIpc) is 3.44. The number of hydrogen-bond donors (Lipinski definition) is 1. The van der Waals surface area contributed by atoms with Gasteiger partial charge in [0.2, 0.25) is 0 Å². The predicted molar refractivity (Wildman–Crippen MR) is 118 cm³/mol. The van der Waals surface area contributed by atoms with Crippen molar-refractivity contribution < 1.29 is 4.79 Å². The number of carbonyl (C=O) groups excluding carboxylic acids is 1. The quantitative estimate of drug-likeness (QED) is 0.543. The number of aryl methyl sites for hydroxylation is 1. The molecule has 2 aromatic carbocycles. The molecule has 0 radical (unpaired) electrons. The molecule has 0 aliphatic carbocycles. The van der Waals surface area contributed by atoms with Gasteiger partial charge >= 0.3 is 0 Å². The molecule has 3 heterocycles. The number of nitrogens with one attached hydrogen (secondary N) is 1. The van der Waals surface area contributed by atoms with E-state index in [1.807, 2.05) is 83.1 Å². The maximum absolute atomic E-state index is 12.6. The molecule has 0 unspecified atom stereocenters. The van der Waals surface area contributed by atoms with Crippen LogP contribution in [0, 0.1) is 6.92 Å². The molecule has 0 atom stereocenters. The van der Waals surface area contributed by atoms with Crippen LogP contribution in [0.1, 0.15) is 28.9 Å². The summed E-state index contributed by atoms with van der Waals surface area (Å²) in [6.45, 7) is 3.67. The van der Waals surface area contributed by atoms with Crippen molar-refractivity contribution in [2.45, 2.75) is 19.8 Å². The second-order valence-electron chi connectivity index (χ2n) is 7.65. The molecule has 1 amide bonds. The van der Waals surface area contributed by atoms with Gasteiger partial charge in [-0.25, -0.2) is 4.98 Å². The van der Waals surface area contributed by atoms with Gasteiger partial charge in [0.15, 0.2) is 5.65 Å². The van der Waals surface area contributed by atoms with E-state index in [9.17, 15) is 4.79 Å². The van der Waals surface area contributed by atoms with Gasteiger partial charge in [-0.3, -0.25) is 4.79 Å². The van der Waals surface area contributed by atoms with E-state index in [2.05, 4.69) is 10.4 Å². The number of anilines is 2. The first kappa shape index (κ1) is 18.4. The molecule has 1 aliphatic heterocycles. The Bertz CT molecular complexity index is 1190. The maximum Gasteiger partial charge on any atom is 0.253 e. The van der Waals surface area contributed by atoms with Gasteiger partial charge in [-0.1, -0.05) is 30.3 Å². The van der Waals surface area contributed by atoms with Crippen molar-refractivity contribution in [1.82, 2.24) is 19.5 Å². The van der Waals surface area contributed by atoms with E-state index >= 15 is 0 Å². The van der Waals surface area contributed by atoms with E-state index < -0.39 is 0 Å². The Hall–Kier alpha value is -3.67. The summed E-state index contributed by atoms with van der Waals surface area (Å²) in [5.74, 6) is 0.935. The van der Waals surface area contributed by atoms with Crippen LogP contribution < -0.4 is 5.32 Å². The molecule has 0 saturated carbocycles. The molecule has 30 heavy (non-hydrogen) atoms. The van der Waals surface area contributed by atoms with E-state index in [0.717, 1.165) is 65.6 Å². The first-order valence-electron chi connectivity index (χ1n) is 10.3. The Morgan fingerprint density at radius 3 is 2.43 bits per heavy atom. The van der Waals surface area contributed by atoms with Gasteiger partial charge in [0.25, 0.3) is 5.91 Å². The molecule has 4 aromatic rings. The van der Waals surface area contributed by atoms with Gasteiger partial charge in [0.1, 0.15) is 5.82 Å². The predicted octanol–water partition coefficient (Wildman–Crippen LogP) is 4.68. The van der Waals surface area contributed by atoms with Crippen LogP contribution in [0.3, 0.4) is 0 Å². The second-order valence-corrected chi connectivity index (χ2v) is 7.65. The number of benzene rings is 2. The minimum absolute atomic E-state index is 0.111. The molecule has 1 fully saturated rings. The summed E-state index contributed by atoms with van der Waals surface area (Å²) in [7, 11) is 0. The Morgan fingerprint density at radius 1 is 0.967 bits per heavy atom.